The predicted molar refractivity (Wildman–Crippen MR) is 77.5 cm³/mol. The molecule has 0 spiro atoms. The molecule has 2 rings (SSSR count). The van der Waals surface area contributed by atoms with Crippen LogP contribution >= 0.6 is 32.6 Å². The van der Waals surface area contributed by atoms with Gasteiger partial charge in [0, 0.05) is 10.7 Å². The van der Waals surface area contributed by atoms with E-state index < -0.39 is 9.24 Å². The van der Waals surface area contributed by atoms with Crippen LogP contribution in [0.2, 0.25) is 0 Å². The van der Waals surface area contributed by atoms with Crippen LogP contribution in [0.15, 0.2) is 52.8 Å². The highest BCUT2D eigenvalue weighted by Gasteiger charge is 2.28. The molecule has 1 heterocycles. The predicted octanol–water partition coefficient (Wildman–Crippen LogP) is 4.46. The van der Waals surface area contributed by atoms with Gasteiger partial charge in [0.25, 0.3) is 0 Å². The van der Waals surface area contributed by atoms with Crippen LogP contribution in [0.5, 0.6) is 0 Å². The van der Waals surface area contributed by atoms with E-state index in [4.69, 9.17) is 16.1 Å². The van der Waals surface area contributed by atoms with Crippen LogP contribution < -0.4 is 0 Å². The van der Waals surface area contributed by atoms with E-state index in [1.165, 1.54) is 5.56 Å². The lowest BCUT2D eigenvalue weighted by Crippen LogP contribution is -2.00. The maximum Gasteiger partial charge on any atom is 0.0974 e. The van der Waals surface area contributed by atoms with Crippen molar-refractivity contribution in [3.63, 3.8) is 0 Å². The molecule has 4 heteroatoms. The Bertz CT molecular complexity index is 467. The summed E-state index contributed by atoms with van der Waals surface area (Å²) in [5.41, 5.74) is 1.19. The highest BCUT2D eigenvalue weighted by Crippen LogP contribution is 2.66. The van der Waals surface area contributed by atoms with Crippen molar-refractivity contribution in [3.05, 3.63) is 58.4 Å². The Labute approximate surface area is 107 Å². The van der Waals surface area contributed by atoms with E-state index in [1.807, 2.05) is 35.8 Å². The maximum atomic E-state index is 7.61. The van der Waals surface area contributed by atoms with Crippen molar-refractivity contribution < 1.29 is 0 Å². The van der Waals surface area contributed by atoms with Crippen molar-refractivity contribution in [2.75, 3.05) is 0 Å². The molecule has 0 fully saturated rings. The van der Waals surface area contributed by atoms with E-state index in [2.05, 4.69) is 24.8 Å². The second-order valence-corrected chi connectivity index (χ2v) is 8.05. The van der Waals surface area contributed by atoms with Crippen molar-refractivity contribution >= 4 is 37.6 Å². The molecule has 0 aliphatic carbocycles. The first-order valence-corrected chi connectivity index (χ1v) is 7.96. The van der Waals surface area contributed by atoms with Crippen LogP contribution in [0.25, 0.3) is 0 Å². The van der Waals surface area contributed by atoms with E-state index in [-0.39, 0.29) is 5.04 Å². The summed E-state index contributed by atoms with van der Waals surface area (Å²) in [7, 11) is 5.06. The molecule has 1 atom stereocenters. The van der Waals surface area contributed by atoms with Gasteiger partial charge in [-0.05, 0) is 17.0 Å². The molecule has 1 aromatic carbocycles. The average molecular weight is 270 g/mol. The molecule has 1 N–H and O–H groups in total. The number of thiol groups is 1. The van der Waals surface area contributed by atoms with Gasteiger partial charge in [-0.25, -0.2) is 0 Å². The third kappa shape index (κ3) is 2.37. The van der Waals surface area contributed by atoms with Gasteiger partial charge in [-0.2, -0.15) is 0 Å². The minimum Gasteiger partial charge on any atom is -0.293 e. The van der Waals surface area contributed by atoms with E-state index >= 15 is 0 Å². The zero-order valence-corrected chi connectivity index (χ0v) is 11.0. The van der Waals surface area contributed by atoms with Gasteiger partial charge in [-0.3, -0.25) is 5.41 Å². The van der Waals surface area contributed by atoms with E-state index in [9.17, 15) is 0 Å². The van der Waals surface area contributed by atoms with Gasteiger partial charge < -0.3 is 0 Å². The van der Waals surface area contributed by atoms with Gasteiger partial charge in [0.2, 0.25) is 0 Å². The number of rotatable bonds is 3. The monoisotopic (exact) mass is 269 g/mol. The van der Waals surface area contributed by atoms with Crippen molar-refractivity contribution in [2.24, 2.45) is 0 Å². The summed E-state index contributed by atoms with van der Waals surface area (Å²) >= 11 is 4.08. The van der Waals surface area contributed by atoms with Crippen LogP contribution in [0.4, 0.5) is 0 Å². The molecule has 1 aromatic rings. The topological polar surface area (TPSA) is 23.9 Å². The van der Waals surface area contributed by atoms with Crippen LogP contribution in [0.3, 0.4) is 0 Å². The molecule has 0 aromatic heterocycles. The average Bonchev–Trinajstić information content (AvgIpc) is 2.61. The fourth-order valence-electron chi connectivity index (χ4n) is 1.62. The second kappa shape index (κ2) is 4.70. The van der Waals surface area contributed by atoms with Crippen molar-refractivity contribution in [1.29, 1.82) is 5.41 Å². The van der Waals surface area contributed by atoms with Crippen LogP contribution in [0, 0.1) is 5.41 Å². The Morgan fingerprint density at radius 3 is 2.62 bits per heavy atom. The molecule has 1 nitrogen and oxygen atoms in total. The van der Waals surface area contributed by atoms with Crippen molar-refractivity contribution in [1.82, 2.24) is 0 Å². The smallest absolute Gasteiger partial charge is 0.0974 e. The van der Waals surface area contributed by atoms with E-state index in [0.29, 0.717) is 0 Å². The number of halogens is 1. The molecule has 84 valence electrons. The Balaban J connectivity index is 2.24. The number of benzene rings is 1. The lowest BCUT2D eigenvalue weighted by Gasteiger charge is -2.28. The first-order chi connectivity index (χ1) is 7.62. The van der Waals surface area contributed by atoms with Gasteiger partial charge in [0.15, 0.2) is 0 Å². The highest BCUT2D eigenvalue weighted by atomic mass is 35.7. The Morgan fingerprint density at radius 1 is 1.31 bits per heavy atom. The highest BCUT2D eigenvalue weighted by molar-refractivity contribution is 8.56. The zero-order valence-electron chi connectivity index (χ0n) is 8.56. The molecular weight excluding hydrogens is 258 g/mol. The fourth-order valence-corrected chi connectivity index (χ4v) is 5.32. The fraction of sp³-hybridized carbons (Fsp3) is 0.0833. The third-order valence-electron chi connectivity index (χ3n) is 2.36. The number of hydrogen-bond acceptors (Lipinski definition) is 1. The molecule has 0 saturated carbocycles. The quantitative estimate of drug-likeness (QED) is 0.460. The first kappa shape index (κ1) is 11.8. The van der Waals surface area contributed by atoms with Crippen LogP contribution in [-0.4, -0.2) is 5.04 Å². The van der Waals surface area contributed by atoms with E-state index in [1.54, 1.807) is 0 Å². The Morgan fingerprint density at radius 2 is 2.00 bits per heavy atom. The Kier molecular flexibility index (Phi) is 3.47. The molecule has 16 heavy (non-hydrogen) atoms. The summed E-state index contributed by atoms with van der Waals surface area (Å²) < 4.78 is 0. The molecular formula is C12H12ClNS2. The SMILES string of the molecule is N=C(S)C1=CC=CS1(Cl)Cc1ccccc1. The molecule has 0 saturated heterocycles. The summed E-state index contributed by atoms with van der Waals surface area (Å²) in [5, 5.41) is 9.88. The lowest BCUT2D eigenvalue weighted by atomic mass is 10.2. The van der Waals surface area contributed by atoms with Crippen molar-refractivity contribution in [3.8, 4) is 0 Å². The van der Waals surface area contributed by atoms with Crippen LogP contribution in [-0.2, 0) is 5.75 Å². The molecule has 0 bridgehead atoms. The minimum atomic E-state index is -1.55. The zero-order chi connectivity index (χ0) is 11.6. The van der Waals surface area contributed by atoms with Crippen molar-refractivity contribution in [2.45, 2.75) is 5.75 Å². The normalized spacial score (nSPS) is 27.2. The number of nitrogens with one attached hydrogen (secondary N) is 1. The molecule has 0 amide bonds. The largest absolute Gasteiger partial charge is 0.293 e. The van der Waals surface area contributed by atoms with Gasteiger partial charge >= 0.3 is 0 Å². The number of allylic oxidation sites excluding steroid dienone is 2. The van der Waals surface area contributed by atoms with Gasteiger partial charge in [0.1, 0.15) is 0 Å². The molecule has 1 unspecified atom stereocenters. The lowest BCUT2D eigenvalue weighted by molar-refractivity contribution is 1.41. The Hall–Kier alpha value is -0.640. The molecule has 1 aliphatic rings. The first-order valence-electron chi connectivity index (χ1n) is 4.83. The maximum absolute atomic E-state index is 7.61. The third-order valence-corrected chi connectivity index (χ3v) is 6.30. The summed E-state index contributed by atoms with van der Waals surface area (Å²) in [6.07, 6.45) is 3.81. The summed E-state index contributed by atoms with van der Waals surface area (Å²) in [6.45, 7) is 0. The standard InChI is InChI=1S/C12H12ClNS2/c13-16(8-4-7-11(16)12(14)15)9-10-5-2-1-3-6-10/h1-8H,9H2,(H2,14,15). The van der Waals surface area contributed by atoms with E-state index in [0.717, 1.165) is 10.7 Å². The molecule has 0 radical (unpaired) electrons. The second-order valence-electron chi connectivity index (χ2n) is 3.54. The number of hydrogen-bond donors (Lipinski definition) is 2. The summed E-state index contributed by atoms with van der Waals surface area (Å²) in [5.74, 6) is 0.765. The molecule has 1 aliphatic heterocycles. The van der Waals surface area contributed by atoms with Gasteiger partial charge in [-0.15, -0.1) is 21.9 Å². The minimum absolute atomic E-state index is 0.269. The van der Waals surface area contributed by atoms with Crippen LogP contribution in [0.1, 0.15) is 5.56 Å². The summed E-state index contributed by atoms with van der Waals surface area (Å²) in [4.78, 5) is 0.848. The summed E-state index contributed by atoms with van der Waals surface area (Å²) in [6, 6.07) is 10.1. The van der Waals surface area contributed by atoms with Gasteiger partial charge in [0.05, 0.1) is 5.04 Å². The van der Waals surface area contributed by atoms with Gasteiger partial charge in [-0.1, -0.05) is 47.1 Å².